The van der Waals surface area contributed by atoms with Gasteiger partial charge in [0, 0.05) is 0 Å². The first kappa shape index (κ1) is 19.8. The predicted octanol–water partition coefficient (Wildman–Crippen LogP) is -4.04. The number of hydrogen-bond donors (Lipinski definition) is 10. The molecule has 12 heteroatoms. The average Bonchev–Trinajstić information content (AvgIpc) is 2.58. The van der Waals surface area contributed by atoms with Gasteiger partial charge >= 0.3 is 0 Å². The lowest BCUT2D eigenvalue weighted by Gasteiger charge is -2.39. The van der Waals surface area contributed by atoms with Crippen molar-refractivity contribution in [2.24, 2.45) is 0 Å². The molecule has 2 aliphatic rings. The molecule has 1 saturated carbocycles. The van der Waals surface area contributed by atoms with Gasteiger partial charge in [0.2, 0.25) is 23.0 Å². The first-order chi connectivity index (χ1) is 10.9. The van der Waals surface area contributed by atoms with Crippen LogP contribution in [-0.4, -0.2) is 99.3 Å². The smallest absolute Gasteiger partial charge is 0.269 e. The molecule has 1 fully saturated rings. The first-order valence-corrected chi connectivity index (χ1v) is 6.35. The van der Waals surface area contributed by atoms with Gasteiger partial charge in [0.05, 0.1) is 0 Å². The number of Topliss-reactive ketones (excluding diaryl/α,β-unsaturated/α-hetero) is 2. The Morgan fingerprint density at radius 2 is 0.542 bits per heavy atom. The molecule has 24 heavy (non-hydrogen) atoms. The summed E-state index contributed by atoms with van der Waals surface area (Å²) in [6, 6.07) is 0. The molecule has 12 nitrogen and oxygen atoms in total. The van der Waals surface area contributed by atoms with E-state index in [1.807, 2.05) is 0 Å². The molecule has 0 amide bonds. The van der Waals surface area contributed by atoms with E-state index >= 15 is 0 Å². The van der Waals surface area contributed by atoms with Crippen molar-refractivity contribution in [2.75, 3.05) is 0 Å². The lowest BCUT2D eigenvalue weighted by molar-refractivity contribution is -0.223. The fourth-order valence-electron chi connectivity index (χ4n) is 1.87. The Bertz CT molecular complexity index is 472. The van der Waals surface area contributed by atoms with Gasteiger partial charge in [-0.1, -0.05) is 0 Å². The van der Waals surface area contributed by atoms with Crippen LogP contribution in [0.3, 0.4) is 0 Å². The second-order valence-electron chi connectivity index (χ2n) is 5.00. The van der Waals surface area contributed by atoms with Crippen LogP contribution in [0.5, 0.6) is 0 Å². The minimum Gasteiger partial charge on any atom is -0.501 e. The van der Waals surface area contributed by atoms with Crippen LogP contribution < -0.4 is 0 Å². The molecule has 0 spiro atoms. The van der Waals surface area contributed by atoms with E-state index in [2.05, 4.69) is 0 Å². The summed E-state index contributed by atoms with van der Waals surface area (Å²) >= 11 is 0. The van der Waals surface area contributed by atoms with Crippen molar-refractivity contribution >= 4 is 11.6 Å². The van der Waals surface area contributed by atoms with E-state index < -0.39 is 71.2 Å². The maximum absolute atomic E-state index is 10.6. The van der Waals surface area contributed by atoms with Crippen molar-refractivity contribution in [3.63, 3.8) is 0 Å². The van der Waals surface area contributed by atoms with Crippen LogP contribution in [0.2, 0.25) is 0 Å². The van der Waals surface area contributed by atoms with Crippen LogP contribution in [0.25, 0.3) is 0 Å². The molecule has 2 aliphatic carbocycles. The molecule has 0 heterocycles. The number of carbonyl (C=O) groups is 2. The number of aliphatic hydroxyl groups is 10. The van der Waals surface area contributed by atoms with E-state index in [9.17, 15) is 9.59 Å². The summed E-state index contributed by atoms with van der Waals surface area (Å²) in [7, 11) is 0. The molecule has 136 valence electrons. The predicted molar refractivity (Wildman–Crippen MR) is 70.6 cm³/mol. The van der Waals surface area contributed by atoms with Crippen LogP contribution in [0, 0.1) is 0 Å². The van der Waals surface area contributed by atoms with E-state index in [1.165, 1.54) is 0 Å². The largest absolute Gasteiger partial charge is 0.501 e. The Kier molecular flexibility index (Phi) is 5.89. The first-order valence-electron chi connectivity index (χ1n) is 6.35. The third kappa shape index (κ3) is 3.33. The Balaban J connectivity index is 0.000000240. The SMILES string of the molecule is O=C1C(O)=C(O)C(=O)C(O)=C1O.OC1C(O)C(O)C(O)C(O)C1O. The van der Waals surface area contributed by atoms with Crippen LogP contribution in [-0.2, 0) is 9.59 Å². The van der Waals surface area contributed by atoms with E-state index in [1.54, 1.807) is 0 Å². The van der Waals surface area contributed by atoms with Crippen molar-refractivity contribution in [3.8, 4) is 0 Å². The van der Waals surface area contributed by atoms with Crippen molar-refractivity contribution in [3.05, 3.63) is 23.0 Å². The molecule has 0 bridgehead atoms. The fourth-order valence-corrected chi connectivity index (χ4v) is 1.87. The summed E-state index contributed by atoms with van der Waals surface area (Å²) in [5.74, 6) is -7.84. The van der Waals surface area contributed by atoms with E-state index in [0.29, 0.717) is 0 Å². The molecular weight excluding hydrogens is 336 g/mol. The van der Waals surface area contributed by atoms with E-state index in [0.717, 1.165) is 0 Å². The fraction of sp³-hybridized carbons (Fsp3) is 0.500. The van der Waals surface area contributed by atoms with Crippen molar-refractivity contribution in [2.45, 2.75) is 36.6 Å². The number of hydrogen-bond acceptors (Lipinski definition) is 12. The third-order valence-corrected chi connectivity index (χ3v) is 3.41. The van der Waals surface area contributed by atoms with E-state index in [4.69, 9.17) is 51.1 Å². The quantitative estimate of drug-likeness (QED) is 0.187. The van der Waals surface area contributed by atoms with Gasteiger partial charge < -0.3 is 51.1 Å². The highest BCUT2D eigenvalue weighted by Crippen LogP contribution is 2.21. The second-order valence-corrected chi connectivity index (χ2v) is 5.00. The molecule has 0 radical (unpaired) electrons. The Hall–Kier alpha value is -2.22. The minimum absolute atomic E-state index is 1.27. The van der Waals surface area contributed by atoms with Gasteiger partial charge in [0.15, 0.2) is 0 Å². The number of rotatable bonds is 0. The molecule has 0 unspecified atom stereocenters. The van der Waals surface area contributed by atoms with Gasteiger partial charge in [-0.25, -0.2) is 0 Å². The summed E-state index contributed by atoms with van der Waals surface area (Å²) in [6.07, 6.45) is -9.84. The molecule has 0 aromatic heterocycles. The lowest BCUT2D eigenvalue weighted by atomic mass is 9.85. The molecule has 0 atom stereocenters. The van der Waals surface area contributed by atoms with Gasteiger partial charge in [-0.15, -0.1) is 0 Å². The highest BCUT2D eigenvalue weighted by Gasteiger charge is 2.47. The van der Waals surface area contributed by atoms with Crippen molar-refractivity contribution in [1.29, 1.82) is 0 Å². The normalized spacial score (nSPS) is 37.2. The standard InChI is InChI=1S/C6H12O6.C6H4O6/c2*7-1-2(8)4(10)6(12)5(11)3(1)9/h1-12H;7-8,11-12H. The van der Waals surface area contributed by atoms with Gasteiger partial charge in [0.25, 0.3) is 11.6 Å². The number of carbonyl (C=O) groups excluding carboxylic acids is 2. The van der Waals surface area contributed by atoms with Gasteiger partial charge in [-0.3, -0.25) is 9.59 Å². The molecule has 10 N–H and O–H groups in total. The summed E-state index contributed by atoms with van der Waals surface area (Å²) in [6.45, 7) is 0. The maximum atomic E-state index is 10.6. The highest BCUT2D eigenvalue weighted by molar-refractivity contribution is 6.21. The van der Waals surface area contributed by atoms with Crippen LogP contribution in [0.15, 0.2) is 23.0 Å². The molecular formula is C12H16O12. The Morgan fingerprint density at radius 3 is 0.667 bits per heavy atom. The van der Waals surface area contributed by atoms with Gasteiger partial charge in [0.1, 0.15) is 36.6 Å². The monoisotopic (exact) mass is 352 g/mol. The zero-order valence-corrected chi connectivity index (χ0v) is 11.8. The molecule has 0 saturated heterocycles. The van der Waals surface area contributed by atoms with Gasteiger partial charge in [-0.05, 0) is 0 Å². The zero-order chi connectivity index (χ0) is 18.9. The van der Waals surface area contributed by atoms with Crippen LogP contribution in [0.1, 0.15) is 0 Å². The minimum atomic E-state index is -1.64. The summed E-state index contributed by atoms with van der Waals surface area (Å²) in [4.78, 5) is 21.2. The molecule has 0 aromatic rings. The average molecular weight is 352 g/mol. The Morgan fingerprint density at radius 1 is 0.417 bits per heavy atom. The lowest BCUT2D eigenvalue weighted by Crippen LogP contribution is -2.63. The highest BCUT2D eigenvalue weighted by atomic mass is 16.4. The topological polar surface area (TPSA) is 236 Å². The maximum Gasteiger partial charge on any atom is 0.269 e. The van der Waals surface area contributed by atoms with Crippen molar-refractivity contribution < 1.29 is 60.7 Å². The van der Waals surface area contributed by atoms with Crippen LogP contribution in [0.4, 0.5) is 0 Å². The van der Waals surface area contributed by atoms with E-state index in [-0.39, 0.29) is 0 Å². The second kappa shape index (κ2) is 7.12. The number of aliphatic hydroxyl groups excluding tert-OH is 10. The molecule has 0 aromatic carbocycles. The number of ketones is 2. The summed E-state index contributed by atoms with van der Waals surface area (Å²) in [5, 5.41) is 88.5. The molecule has 0 aliphatic heterocycles. The summed E-state index contributed by atoms with van der Waals surface area (Å²) < 4.78 is 0. The summed E-state index contributed by atoms with van der Waals surface area (Å²) in [5.41, 5.74) is 0. The van der Waals surface area contributed by atoms with Crippen molar-refractivity contribution in [1.82, 2.24) is 0 Å². The molecule has 2 rings (SSSR count). The zero-order valence-electron chi connectivity index (χ0n) is 11.8. The van der Waals surface area contributed by atoms with Gasteiger partial charge in [-0.2, -0.15) is 0 Å². The van der Waals surface area contributed by atoms with Crippen LogP contribution >= 0.6 is 0 Å². The third-order valence-electron chi connectivity index (χ3n) is 3.41. The Labute approximate surface area is 133 Å².